The molecule has 2 N–H and O–H groups in total. The molecule has 4 rings (SSSR count). The zero-order valence-electron chi connectivity index (χ0n) is 26.5. The van der Waals surface area contributed by atoms with Gasteiger partial charge in [-0.1, -0.05) is 83.1 Å². The quantitative estimate of drug-likeness (QED) is 0.266. The number of piperidine rings is 1. The zero-order chi connectivity index (χ0) is 31.4. The fourth-order valence-corrected chi connectivity index (χ4v) is 6.12. The van der Waals surface area contributed by atoms with E-state index in [0.29, 0.717) is 44.2 Å². The van der Waals surface area contributed by atoms with E-state index in [9.17, 15) is 14.7 Å². The highest BCUT2D eigenvalue weighted by atomic mass is 19.1. The number of carbonyl (C=O) groups excluding carboxylic acids is 2. The van der Waals surface area contributed by atoms with Crippen LogP contribution in [0.25, 0.3) is 0 Å². The third kappa shape index (κ3) is 7.53. The van der Waals surface area contributed by atoms with Gasteiger partial charge in [-0.25, -0.2) is 4.39 Å². The van der Waals surface area contributed by atoms with E-state index in [1.165, 1.54) is 6.07 Å². The number of aliphatic hydroxyl groups is 1. The lowest BCUT2D eigenvalue weighted by molar-refractivity contribution is -0.123. The fourth-order valence-electron chi connectivity index (χ4n) is 6.12. The topological polar surface area (TPSA) is 69.6 Å². The first-order valence-corrected chi connectivity index (χ1v) is 15.7. The van der Waals surface area contributed by atoms with Gasteiger partial charge in [0, 0.05) is 12.2 Å². The van der Waals surface area contributed by atoms with Crippen molar-refractivity contribution in [2.75, 3.05) is 11.9 Å². The van der Waals surface area contributed by atoms with Crippen LogP contribution in [0.15, 0.2) is 66.7 Å². The average Bonchev–Trinajstić information content (AvgIpc) is 2.99. The second kappa shape index (κ2) is 13.4. The molecule has 6 heteroatoms. The van der Waals surface area contributed by atoms with Gasteiger partial charge in [0.05, 0.1) is 23.1 Å². The number of hydrogen-bond acceptors (Lipinski definition) is 3. The van der Waals surface area contributed by atoms with Gasteiger partial charge in [-0.3, -0.25) is 9.59 Å². The van der Waals surface area contributed by atoms with E-state index in [-0.39, 0.29) is 16.9 Å². The van der Waals surface area contributed by atoms with E-state index < -0.39 is 29.3 Å². The highest BCUT2D eigenvalue weighted by Crippen LogP contribution is 2.39. The molecule has 1 saturated heterocycles. The number of anilines is 1. The van der Waals surface area contributed by atoms with Crippen molar-refractivity contribution in [1.82, 2.24) is 4.90 Å². The van der Waals surface area contributed by atoms with Crippen LogP contribution < -0.4 is 5.32 Å². The first-order chi connectivity index (χ1) is 20.4. The minimum Gasteiger partial charge on any atom is -0.390 e. The van der Waals surface area contributed by atoms with E-state index in [1.807, 2.05) is 56.3 Å². The summed E-state index contributed by atoms with van der Waals surface area (Å²) in [6.45, 7) is 12.6. The van der Waals surface area contributed by atoms with Crippen LogP contribution in [0.1, 0.15) is 105 Å². The number of carbonyl (C=O) groups is 2. The predicted molar refractivity (Wildman–Crippen MR) is 172 cm³/mol. The molecule has 0 spiro atoms. The van der Waals surface area contributed by atoms with Gasteiger partial charge in [-0.15, -0.1) is 0 Å². The Bertz CT molecular complexity index is 1400. The summed E-state index contributed by atoms with van der Waals surface area (Å²) < 4.78 is 15.0. The van der Waals surface area contributed by atoms with Gasteiger partial charge in [0.1, 0.15) is 5.82 Å². The first kappa shape index (κ1) is 32.4. The van der Waals surface area contributed by atoms with Gasteiger partial charge < -0.3 is 15.3 Å². The van der Waals surface area contributed by atoms with Crippen molar-refractivity contribution in [2.24, 2.45) is 5.92 Å². The first-order valence-electron chi connectivity index (χ1n) is 15.7. The Labute approximate surface area is 256 Å². The van der Waals surface area contributed by atoms with Gasteiger partial charge >= 0.3 is 0 Å². The van der Waals surface area contributed by atoms with Gasteiger partial charge in [-0.05, 0) is 91.3 Å². The second-order valence-corrected chi connectivity index (χ2v) is 13.1. The van der Waals surface area contributed by atoms with Crippen LogP contribution >= 0.6 is 0 Å². The predicted octanol–water partition coefficient (Wildman–Crippen LogP) is 8.15. The molecule has 1 fully saturated rings. The molecular weight excluding hydrogens is 539 g/mol. The number of benzene rings is 3. The molecule has 230 valence electrons. The summed E-state index contributed by atoms with van der Waals surface area (Å²) in [5, 5.41) is 13.9. The molecule has 1 aliphatic rings. The normalized spacial score (nSPS) is 17.5. The molecular formula is C37H47FN2O3. The molecule has 0 saturated carbocycles. The van der Waals surface area contributed by atoms with Gasteiger partial charge in [0.2, 0.25) is 5.91 Å². The number of hydrogen-bond donors (Lipinski definition) is 2. The minimum absolute atomic E-state index is 0.0569. The monoisotopic (exact) mass is 586 g/mol. The summed E-state index contributed by atoms with van der Waals surface area (Å²) >= 11 is 0. The molecule has 2 amide bonds. The Morgan fingerprint density at radius 1 is 1.00 bits per heavy atom. The number of halogens is 1. The van der Waals surface area contributed by atoms with Crippen molar-refractivity contribution in [3.8, 4) is 0 Å². The van der Waals surface area contributed by atoms with E-state index in [2.05, 4.69) is 32.2 Å². The molecule has 3 aromatic carbocycles. The van der Waals surface area contributed by atoms with Crippen molar-refractivity contribution in [3.05, 3.63) is 100 Å². The lowest BCUT2D eigenvalue weighted by Gasteiger charge is -2.41. The molecule has 0 aromatic heterocycles. The third-order valence-electron chi connectivity index (χ3n) is 9.18. The number of likely N-dealkylation sites (tertiary alicyclic amines) is 1. The number of amides is 2. The van der Waals surface area contributed by atoms with E-state index in [0.717, 1.165) is 28.8 Å². The number of rotatable bonds is 9. The van der Waals surface area contributed by atoms with Crippen molar-refractivity contribution in [2.45, 2.75) is 97.1 Å². The zero-order valence-corrected chi connectivity index (χ0v) is 26.5. The molecule has 43 heavy (non-hydrogen) atoms. The number of aryl methyl sites for hydroxylation is 2. The summed E-state index contributed by atoms with van der Waals surface area (Å²) in [5.41, 5.74) is 3.64. The van der Waals surface area contributed by atoms with Gasteiger partial charge in [-0.2, -0.15) is 0 Å². The molecule has 1 heterocycles. The summed E-state index contributed by atoms with van der Waals surface area (Å²) in [7, 11) is 0. The van der Waals surface area contributed by atoms with Crippen molar-refractivity contribution in [1.29, 1.82) is 0 Å². The van der Waals surface area contributed by atoms with Crippen LogP contribution in [-0.4, -0.2) is 34.0 Å². The summed E-state index contributed by atoms with van der Waals surface area (Å²) in [6, 6.07) is 20.0. The third-order valence-corrected chi connectivity index (χ3v) is 9.18. The van der Waals surface area contributed by atoms with Gasteiger partial charge in [0.15, 0.2) is 0 Å². The molecule has 0 aliphatic carbocycles. The minimum atomic E-state index is -0.684. The molecule has 0 radical (unpaired) electrons. The van der Waals surface area contributed by atoms with Crippen LogP contribution in [0.5, 0.6) is 0 Å². The fraction of sp³-hybridized carbons (Fsp3) is 0.459. The molecule has 2 atom stereocenters. The summed E-state index contributed by atoms with van der Waals surface area (Å²) in [6.07, 6.45) is 4.04. The number of nitrogens with zero attached hydrogens (tertiary/aromatic N) is 1. The van der Waals surface area contributed by atoms with E-state index in [4.69, 9.17) is 0 Å². The Morgan fingerprint density at radius 3 is 2.30 bits per heavy atom. The maximum Gasteiger partial charge on any atom is 0.257 e. The SMILES string of the molecule is CCC(O)(CC)CCc1ccc([C@H]2[C@@H](C(=O)Nc3cccc(C(C)(C)C)c3)CCCN2C(=O)c2c(C)cccc2F)cc1. The average molecular weight is 587 g/mol. The maximum absolute atomic E-state index is 15.0. The molecule has 1 aliphatic heterocycles. The van der Waals surface area contributed by atoms with Crippen LogP contribution in [0.3, 0.4) is 0 Å². The van der Waals surface area contributed by atoms with Crippen LogP contribution in [-0.2, 0) is 16.6 Å². The molecule has 5 nitrogen and oxygen atoms in total. The Kier molecular flexibility index (Phi) is 10.1. The molecule has 0 bridgehead atoms. The van der Waals surface area contributed by atoms with Crippen molar-refractivity contribution in [3.63, 3.8) is 0 Å². The van der Waals surface area contributed by atoms with Crippen molar-refractivity contribution < 1.29 is 19.1 Å². The smallest absolute Gasteiger partial charge is 0.257 e. The Morgan fingerprint density at radius 2 is 1.67 bits per heavy atom. The molecule has 3 aromatic rings. The lowest BCUT2D eigenvalue weighted by Crippen LogP contribution is -2.46. The number of nitrogens with one attached hydrogen (secondary N) is 1. The summed E-state index contributed by atoms with van der Waals surface area (Å²) in [5.74, 6) is -1.62. The van der Waals surface area contributed by atoms with Crippen LogP contribution in [0, 0.1) is 18.7 Å². The Hall–Kier alpha value is -3.51. The standard InChI is InChI=1S/C37H47FN2O3/c1-7-37(43,8-2)22-21-26-17-19-27(20-18-26)33-30(34(41)39-29-14-10-13-28(24-29)36(4,5)6)15-11-23-40(33)35(42)32-25(3)12-9-16-31(32)38/h9-10,12-14,16-20,24,30,33,43H,7-8,11,15,21-23H2,1-6H3,(H,39,41)/t30-,33-/m0/s1. The highest BCUT2D eigenvalue weighted by molar-refractivity contribution is 5.98. The summed E-state index contributed by atoms with van der Waals surface area (Å²) in [4.78, 5) is 29.6. The van der Waals surface area contributed by atoms with E-state index in [1.54, 1.807) is 24.0 Å². The largest absolute Gasteiger partial charge is 0.390 e. The van der Waals surface area contributed by atoms with Crippen LogP contribution in [0.4, 0.5) is 10.1 Å². The second-order valence-electron chi connectivity index (χ2n) is 13.1. The van der Waals surface area contributed by atoms with Gasteiger partial charge in [0.25, 0.3) is 5.91 Å². The maximum atomic E-state index is 15.0. The molecule has 0 unspecified atom stereocenters. The highest BCUT2D eigenvalue weighted by Gasteiger charge is 2.40. The van der Waals surface area contributed by atoms with Crippen LogP contribution in [0.2, 0.25) is 0 Å². The van der Waals surface area contributed by atoms with Crippen molar-refractivity contribution >= 4 is 17.5 Å². The lowest BCUT2D eigenvalue weighted by atomic mass is 9.82. The Balaban J connectivity index is 1.68. The van der Waals surface area contributed by atoms with E-state index >= 15 is 4.39 Å².